The SMILES string of the molecule is Nc1ncc(-c2ccc(F)cc2)c(C2CCCCN2C(=O)COc2ccc(F)cc2)n1. The third-order valence-corrected chi connectivity index (χ3v) is 5.31. The molecule has 0 saturated carbocycles. The fraction of sp³-hybridized carbons (Fsp3) is 0.261. The first kappa shape index (κ1) is 20.7. The molecule has 4 rings (SSSR count). The molecule has 1 aliphatic heterocycles. The van der Waals surface area contributed by atoms with Crippen LogP contribution in [0.2, 0.25) is 0 Å². The minimum absolute atomic E-state index is 0.112. The molecule has 1 amide bonds. The summed E-state index contributed by atoms with van der Waals surface area (Å²) >= 11 is 0. The van der Waals surface area contributed by atoms with Crippen molar-refractivity contribution < 1.29 is 18.3 Å². The van der Waals surface area contributed by atoms with E-state index in [-0.39, 0.29) is 36.1 Å². The lowest BCUT2D eigenvalue weighted by atomic mass is 9.93. The van der Waals surface area contributed by atoms with Crippen LogP contribution in [-0.2, 0) is 4.79 Å². The van der Waals surface area contributed by atoms with Crippen molar-refractivity contribution in [2.75, 3.05) is 18.9 Å². The van der Waals surface area contributed by atoms with Crippen molar-refractivity contribution in [2.45, 2.75) is 25.3 Å². The molecule has 8 heteroatoms. The Balaban J connectivity index is 1.59. The second-order valence-corrected chi connectivity index (χ2v) is 7.38. The molecule has 2 N–H and O–H groups in total. The highest BCUT2D eigenvalue weighted by Crippen LogP contribution is 2.36. The topological polar surface area (TPSA) is 81.3 Å². The van der Waals surface area contributed by atoms with Gasteiger partial charge >= 0.3 is 0 Å². The van der Waals surface area contributed by atoms with E-state index in [2.05, 4.69) is 9.97 Å². The van der Waals surface area contributed by atoms with Crippen LogP contribution in [0.5, 0.6) is 5.75 Å². The van der Waals surface area contributed by atoms with Crippen molar-refractivity contribution in [3.63, 3.8) is 0 Å². The maximum atomic E-state index is 13.4. The molecule has 2 aromatic carbocycles. The van der Waals surface area contributed by atoms with Gasteiger partial charge in [-0.3, -0.25) is 4.79 Å². The van der Waals surface area contributed by atoms with Gasteiger partial charge in [0.05, 0.1) is 11.7 Å². The summed E-state index contributed by atoms with van der Waals surface area (Å²) in [6.07, 6.45) is 4.12. The number of nitrogens with zero attached hydrogens (tertiary/aromatic N) is 3. The van der Waals surface area contributed by atoms with Crippen molar-refractivity contribution in [1.29, 1.82) is 0 Å². The number of carbonyl (C=O) groups excluding carboxylic acids is 1. The van der Waals surface area contributed by atoms with E-state index in [1.54, 1.807) is 23.2 Å². The maximum absolute atomic E-state index is 13.4. The first-order chi connectivity index (χ1) is 15.0. The van der Waals surface area contributed by atoms with Gasteiger partial charge in [-0.15, -0.1) is 0 Å². The number of amides is 1. The summed E-state index contributed by atoms with van der Waals surface area (Å²) in [6, 6.07) is 11.3. The van der Waals surface area contributed by atoms with Crippen LogP contribution in [-0.4, -0.2) is 33.9 Å². The van der Waals surface area contributed by atoms with E-state index in [0.29, 0.717) is 30.0 Å². The highest BCUT2D eigenvalue weighted by molar-refractivity contribution is 5.79. The summed E-state index contributed by atoms with van der Waals surface area (Å²) in [7, 11) is 0. The third kappa shape index (κ3) is 4.79. The zero-order valence-electron chi connectivity index (χ0n) is 16.8. The molecule has 0 aliphatic carbocycles. The Morgan fingerprint density at radius 1 is 1.06 bits per heavy atom. The molecule has 1 aromatic heterocycles. The quantitative estimate of drug-likeness (QED) is 0.666. The van der Waals surface area contributed by atoms with Crippen molar-refractivity contribution >= 4 is 11.9 Å². The number of benzene rings is 2. The molecule has 1 unspecified atom stereocenters. The lowest BCUT2D eigenvalue weighted by Gasteiger charge is -2.36. The number of likely N-dealkylation sites (tertiary alicyclic amines) is 1. The van der Waals surface area contributed by atoms with Crippen molar-refractivity contribution in [2.24, 2.45) is 0 Å². The molecule has 31 heavy (non-hydrogen) atoms. The molecule has 1 saturated heterocycles. The number of nitrogen functional groups attached to an aromatic ring is 1. The van der Waals surface area contributed by atoms with E-state index in [4.69, 9.17) is 10.5 Å². The van der Waals surface area contributed by atoms with E-state index in [1.165, 1.54) is 36.4 Å². The summed E-state index contributed by atoms with van der Waals surface area (Å²) in [5.41, 5.74) is 7.95. The largest absolute Gasteiger partial charge is 0.484 e. The Morgan fingerprint density at radius 2 is 1.74 bits per heavy atom. The predicted molar refractivity (Wildman–Crippen MR) is 112 cm³/mol. The van der Waals surface area contributed by atoms with Crippen LogP contribution < -0.4 is 10.5 Å². The molecular weight excluding hydrogens is 402 g/mol. The number of hydrogen-bond donors (Lipinski definition) is 1. The summed E-state index contributed by atoms with van der Waals surface area (Å²) in [4.78, 5) is 23.3. The number of anilines is 1. The van der Waals surface area contributed by atoms with E-state index in [1.807, 2.05) is 0 Å². The van der Waals surface area contributed by atoms with Crippen LogP contribution in [0.3, 0.4) is 0 Å². The maximum Gasteiger partial charge on any atom is 0.261 e. The summed E-state index contributed by atoms with van der Waals surface area (Å²) in [5.74, 6) is -0.377. The van der Waals surface area contributed by atoms with E-state index in [0.717, 1.165) is 18.4 Å². The first-order valence-corrected chi connectivity index (χ1v) is 10.1. The van der Waals surface area contributed by atoms with Crippen molar-refractivity contribution in [3.8, 4) is 16.9 Å². The first-order valence-electron chi connectivity index (χ1n) is 10.1. The number of piperidine rings is 1. The highest BCUT2D eigenvalue weighted by Gasteiger charge is 2.31. The lowest BCUT2D eigenvalue weighted by Crippen LogP contribution is -2.41. The molecule has 0 radical (unpaired) electrons. The fourth-order valence-corrected chi connectivity index (χ4v) is 3.79. The van der Waals surface area contributed by atoms with Crippen molar-refractivity contribution in [1.82, 2.24) is 14.9 Å². The van der Waals surface area contributed by atoms with Gasteiger partial charge in [0.2, 0.25) is 5.95 Å². The van der Waals surface area contributed by atoms with Crippen LogP contribution in [0, 0.1) is 11.6 Å². The summed E-state index contributed by atoms with van der Waals surface area (Å²) < 4.78 is 32.0. The van der Waals surface area contributed by atoms with Gasteiger partial charge in [-0.1, -0.05) is 12.1 Å². The molecule has 0 bridgehead atoms. The molecule has 6 nitrogen and oxygen atoms in total. The average molecular weight is 424 g/mol. The smallest absolute Gasteiger partial charge is 0.261 e. The van der Waals surface area contributed by atoms with Gasteiger partial charge in [-0.25, -0.2) is 18.7 Å². The standard InChI is InChI=1S/C23H22F2N4O2/c24-16-6-4-15(5-7-16)19-13-27-23(26)28-22(19)20-3-1-2-12-29(20)21(30)14-31-18-10-8-17(25)9-11-18/h4-11,13,20H,1-3,12,14H2,(H2,26,27,28). The molecule has 1 fully saturated rings. The number of rotatable bonds is 5. The molecule has 3 aromatic rings. The van der Waals surface area contributed by atoms with E-state index >= 15 is 0 Å². The van der Waals surface area contributed by atoms with Gasteiger partial charge in [0, 0.05) is 18.3 Å². The Morgan fingerprint density at radius 3 is 2.45 bits per heavy atom. The average Bonchev–Trinajstić information content (AvgIpc) is 2.79. The molecule has 160 valence electrons. The van der Waals surface area contributed by atoms with Crippen LogP contribution in [0.4, 0.5) is 14.7 Å². The highest BCUT2D eigenvalue weighted by atomic mass is 19.1. The number of halogens is 2. The number of nitrogens with two attached hydrogens (primary N) is 1. The Kier molecular flexibility index (Phi) is 6.06. The predicted octanol–water partition coefficient (Wildman–Crippen LogP) is 4.14. The molecule has 1 aliphatic rings. The second kappa shape index (κ2) is 9.07. The zero-order valence-corrected chi connectivity index (χ0v) is 16.8. The van der Waals surface area contributed by atoms with Crippen LogP contribution in [0.1, 0.15) is 31.0 Å². The van der Waals surface area contributed by atoms with Crippen LogP contribution >= 0.6 is 0 Å². The number of hydrogen-bond acceptors (Lipinski definition) is 5. The zero-order chi connectivity index (χ0) is 21.8. The Bertz CT molecular complexity index is 1060. The van der Waals surface area contributed by atoms with E-state index in [9.17, 15) is 13.6 Å². The van der Waals surface area contributed by atoms with Gasteiger partial charge < -0.3 is 15.4 Å². The van der Waals surface area contributed by atoms with Gasteiger partial charge in [0.1, 0.15) is 17.4 Å². The minimum Gasteiger partial charge on any atom is -0.484 e. The summed E-state index contributed by atoms with van der Waals surface area (Å²) in [5, 5.41) is 0. The summed E-state index contributed by atoms with van der Waals surface area (Å²) in [6.45, 7) is 0.387. The van der Waals surface area contributed by atoms with Gasteiger partial charge in [-0.2, -0.15) is 0 Å². The van der Waals surface area contributed by atoms with E-state index < -0.39 is 0 Å². The molecule has 1 atom stereocenters. The Hall–Kier alpha value is -3.55. The molecule has 2 heterocycles. The normalized spacial score (nSPS) is 16.2. The Labute approximate surface area is 178 Å². The van der Waals surface area contributed by atoms with Gasteiger partial charge in [0.15, 0.2) is 6.61 Å². The van der Waals surface area contributed by atoms with Gasteiger partial charge in [0.25, 0.3) is 5.91 Å². The second-order valence-electron chi connectivity index (χ2n) is 7.38. The van der Waals surface area contributed by atoms with Gasteiger partial charge in [-0.05, 0) is 61.2 Å². The number of aromatic nitrogens is 2. The third-order valence-electron chi connectivity index (χ3n) is 5.31. The van der Waals surface area contributed by atoms with Crippen molar-refractivity contribution in [3.05, 3.63) is 72.1 Å². The minimum atomic E-state index is -0.371. The fourth-order valence-electron chi connectivity index (χ4n) is 3.79. The van der Waals surface area contributed by atoms with Crippen LogP contribution in [0.25, 0.3) is 11.1 Å². The molecular formula is C23H22F2N4O2. The lowest BCUT2D eigenvalue weighted by molar-refractivity contribution is -0.137. The molecule has 0 spiro atoms. The van der Waals surface area contributed by atoms with Crippen LogP contribution in [0.15, 0.2) is 54.7 Å². The number of carbonyl (C=O) groups is 1. The monoisotopic (exact) mass is 424 g/mol. The number of ether oxygens (including phenoxy) is 1.